The lowest BCUT2D eigenvalue weighted by molar-refractivity contribution is -0.167. The molecule has 0 aromatic carbocycles. The minimum absolute atomic E-state index is 0.0800. The largest absolute Gasteiger partial charge is 0.462 e. The van der Waals surface area contributed by atoms with Crippen LogP contribution in [0.15, 0.2) is 97.2 Å². The van der Waals surface area contributed by atoms with Crippen LogP contribution in [-0.4, -0.2) is 37.2 Å². The highest BCUT2D eigenvalue weighted by Gasteiger charge is 2.19. The monoisotopic (exact) mass is 1130 g/mol. The van der Waals surface area contributed by atoms with Gasteiger partial charge in [0.25, 0.3) is 0 Å². The lowest BCUT2D eigenvalue weighted by Crippen LogP contribution is -2.30. The fraction of sp³-hybridized carbons (Fsp3) is 0.747. The van der Waals surface area contributed by atoms with Crippen LogP contribution in [-0.2, 0) is 28.6 Å². The second-order valence-corrected chi connectivity index (χ2v) is 23.1. The van der Waals surface area contributed by atoms with Crippen LogP contribution in [0.4, 0.5) is 0 Å². The van der Waals surface area contributed by atoms with Crippen LogP contribution in [0.5, 0.6) is 0 Å². The van der Waals surface area contributed by atoms with E-state index in [1.54, 1.807) is 0 Å². The van der Waals surface area contributed by atoms with E-state index in [-0.39, 0.29) is 31.1 Å². The van der Waals surface area contributed by atoms with Crippen LogP contribution < -0.4 is 0 Å². The first kappa shape index (κ1) is 77.3. The molecule has 0 fully saturated rings. The molecule has 0 rings (SSSR count). The van der Waals surface area contributed by atoms with Crippen molar-refractivity contribution < 1.29 is 28.6 Å². The Labute approximate surface area is 502 Å². The summed E-state index contributed by atoms with van der Waals surface area (Å²) in [6, 6.07) is 0. The Morgan fingerprint density at radius 3 is 0.790 bits per heavy atom. The third kappa shape index (κ3) is 67.0. The molecule has 0 N–H and O–H groups in total. The topological polar surface area (TPSA) is 78.9 Å². The van der Waals surface area contributed by atoms with Gasteiger partial charge in [0.2, 0.25) is 0 Å². The van der Waals surface area contributed by atoms with Gasteiger partial charge in [0.15, 0.2) is 6.10 Å². The molecule has 0 aromatic rings. The Kier molecular flexibility index (Phi) is 65.7. The maximum absolute atomic E-state index is 12.9. The fourth-order valence-electron chi connectivity index (χ4n) is 9.85. The molecule has 6 heteroatoms. The van der Waals surface area contributed by atoms with Gasteiger partial charge in [0, 0.05) is 19.3 Å². The molecule has 0 saturated carbocycles. The lowest BCUT2D eigenvalue weighted by atomic mass is 10.0. The number of ether oxygens (including phenoxy) is 3. The summed E-state index contributed by atoms with van der Waals surface area (Å²) in [6.45, 7) is 6.51. The van der Waals surface area contributed by atoms with Gasteiger partial charge < -0.3 is 14.2 Å². The molecule has 0 saturated heterocycles. The smallest absolute Gasteiger partial charge is 0.306 e. The Morgan fingerprint density at radius 1 is 0.259 bits per heavy atom. The standard InChI is InChI=1S/C75H130O6/c1-4-7-10-13-16-19-22-25-27-29-31-32-33-34-35-36-37-38-39-40-41-42-43-44-45-47-48-50-53-56-59-62-65-68-74(77)80-71-72(70-79-73(76)67-64-61-58-55-52-24-21-18-15-12-9-6-3)81-75(78)69-66-63-60-57-54-51-49-46-30-28-26-23-20-17-14-11-8-5-2/h7,10,16,18-21,23,25,27-28,30-32,34-35,72H,4-6,8-9,11-15,17,22,24,26,29,33,36-71H2,1-3H3/b10-7-,19-16-,21-18-,23-20-,27-25-,30-28-,32-31-,35-34-. The molecule has 0 aliphatic rings. The molecule has 0 heterocycles. The van der Waals surface area contributed by atoms with Crippen molar-refractivity contribution in [2.75, 3.05) is 13.2 Å². The highest BCUT2D eigenvalue weighted by atomic mass is 16.6. The van der Waals surface area contributed by atoms with Crippen LogP contribution >= 0.6 is 0 Å². The van der Waals surface area contributed by atoms with E-state index in [2.05, 4.69) is 118 Å². The quantitative estimate of drug-likeness (QED) is 0.0261. The predicted molar refractivity (Wildman–Crippen MR) is 353 cm³/mol. The van der Waals surface area contributed by atoms with Gasteiger partial charge in [-0.25, -0.2) is 0 Å². The van der Waals surface area contributed by atoms with E-state index in [4.69, 9.17) is 14.2 Å². The third-order valence-corrected chi connectivity index (χ3v) is 15.0. The first-order chi connectivity index (χ1) is 40.0. The molecule has 6 nitrogen and oxygen atoms in total. The molecular weight excluding hydrogens is 997 g/mol. The number of allylic oxidation sites excluding steroid dienone is 16. The second-order valence-electron chi connectivity index (χ2n) is 23.1. The number of carbonyl (C=O) groups is 3. The number of unbranched alkanes of at least 4 members (excludes halogenated alkanes) is 36. The summed E-state index contributed by atoms with van der Waals surface area (Å²) in [7, 11) is 0. The van der Waals surface area contributed by atoms with Crippen LogP contribution in [0.3, 0.4) is 0 Å². The molecule has 0 bridgehead atoms. The van der Waals surface area contributed by atoms with Gasteiger partial charge in [-0.15, -0.1) is 0 Å². The number of carbonyl (C=O) groups excluding carboxylic acids is 3. The fourth-order valence-corrected chi connectivity index (χ4v) is 9.85. The molecule has 81 heavy (non-hydrogen) atoms. The molecular formula is C75H130O6. The highest BCUT2D eigenvalue weighted by molar-refractivity contribution is 5.71. The minimum Gasteiger partial charge on any atom is -0.462 e. The van der Waals surface area contributed by atoms with Crippen molar-refractivity contribution in [2.45, 2.75) is 348 Å². The minimum atomic E-state index is -0.784. The third-order valence-electron chi connectivity index (χ3n) is 15.0. The Morgan fingerprint density at radius 2 is 0.481 bits per heavy atom. The molecule has 466 valence electrons. The van der Waals surface area contributed by atoms with Gasteiger partial charge in [-0.1, -0.05) is 298 Å². The second kappa shape index (κ2) is 68.8. The first-order valence-electron chi connectivity index (χ1n) is 34.7. The maximum atomic E-state index is 12.9. The van der Waals surface area contributed by atoms with E-state index in [1.807, 2.05) is 0 Å². The summed E-state index contributed by atoms with van der Waals surface area (Å²) in [4.78, 5) is 38.3. The van der Waals surface area contributed by atoms with Crippen LogP contribution in [0, 0.1) is 0 Å². The normalized spacial score (nSPS) is 12.7. The number of rotatable bonds is 63. The number of esters is 3. The summed E-state index contributed by atoms with van der Waals surface area (Å²) >= 11 is 0. The summed E-state index contributed by atoms with van der Waals surface area (Å²) in [6.07, 6.45) is 92.9. The van der Waals surface area contributed by atoms with Crippen molar-refractivity contribution in [2.24, 2.45) is 0 Å². The molecule has 1 atom stereocenters. The Hall–Kier alpha value is -3.67. The number of hydrogen-bond acceptors (Lipinski definition) is 6. The van der Waals surface area contributed by atoms with Gasteiger partial charge in [-0.05, 0) is 122 Å². The molecule has 0 aliphatic carbocycles. The molecule has 0 spiro atoms. The van der Waals surface area contributed by atoms with Crippen molar-refractivity contribution >= 4 is 17.9 Å². The summed E-state index contributed by atoms with van der Waals surface area (Å²) in [5.74, 6) is -0.883. The number of hydrogen-bond donors (Lipinski definition) is 0. The molecule has 0 amide bonds. The van der Waals surface area contributed by atoms with E-state index in [0.29, 0.717) is 19.3 Å². The van der Waals surface area contributed by atoms with Crippen LogP contribution in [0.25, 0.3) is 0 Å². The highest BCUT2D eigenvalue weighted by Crippen LogP contribution is 2.17. The average molecular weight is 1130 g/mol. The Balaban J connectivity index is 4.17. The van der Waals surface area contributed by atoms with Crippen molar-refractivity contribution in [3.63, 3.8) is 0 Å². The van der Waals surface area contributed by atoms with Crippen LogP contribution in [0.2, 0.25) is 0 Å². The Bertz CT molecular complexity index is 1580. The van der Waals surface area contributed by atoms with Crippen molar-refractivity contribution in [1.29, 1.82) is 0 Å². The van der Waals surface area contributed by atoms with Gasteiger partial charge in [-0.2, -0.15) is 0 Å². The van der Waals surface area contributed by atoms with E-state index >= 15 is 0 Å². The van der Waals surface area contributed by atoms with E-state index in [1.165, 1.54) is 193 Å². The van der Waals surface area contributed by atoms with Crippen LogP contribution in [0.1, 0.15) is 342 Å². The SMILES string of the molecule is CC/C=C\C/C=C\C/C=C\C/C=C\C/C=C\CCCCCCCCCCCCCCCCCCCC(=O)OCC(COC(=O)CCCCCCC/C=C\CCCCC)OC(=O)CCCCCCCCC/C=C\C/C=C\CCCCCC. The summed E-state index contributed by atoms with van der Waals surface area (Å²) in [5, 5.41) is 0. The summed E-state index contributed by atoms with van der Waals surface area (Å²) < 4.78 is 16.9. The van der Waals surface area contributed by atoms with Gasteiger partial charge >= 0.3 is 17.9 Å². The molecule has 0 aromatic heterocycles. The van der Waals surface area contributed by atoms with Crippen molar-refractivity contribution in [3.05, 3.63) is 97.2 Å². The van der Waals surface area contributed by atoms with Gasteiger partial charge in [0.05, 0.1) is 0 Å². The average Bonchev–Trinajstić information content (AvgIpc) is 3.47. The van der Waals surface area contributed by atoms with Crippen molar-refractivity contribution in [1.82, 2.24) is 0 Å². The summed E-state index contributed by atoms with van der Waals surface area (Å²) in [5.41, 5.74) is 0. The zero-order valence-electron chi connectivity index (χ0n) is 53.5. The molecule has 0 aliphatic heterocycles. The zero-order chi connectivity index (χ0) is 58.5. The van der Waals surface area contributed by atoms with Gasteiger partial charge in [0.1, 0.15) is 13.2 Å². The molecule has 1 unspecified atom stereocenters. The zero-order valence-corrected chi connectivity index (χ0v) is 53.5. The predicted octanol–water partition coefficient (Wildman–Crippen LogP) is 24.0. The van der Waals surface area contributed by atoms with E-state index in [9.17, 15) is 14.4 Å². The molecule has 0 radical (unpaired) electrons. The lowest BCUT2D eigenvalue weighted by Gasteiger charge is -2.18. The van der Waals surface area contributed by atoms with E-state index in [0.717, 1.165) is 109 Å². The van der Waals surface area contributed by atoms with Gasteiger partial charge in [-0.3, -0.25) is 14.4 Å². The van der Waals surface area contributed by atoms with E-state index < -0.39 is 6.10 Å². The maximum Gasteiger partial charge on any atom is 0.306 e. The van der Waals surface area contributed by atoms with Crippen molar-refractivity contribution in [3.8, 4) is 0 Å². The first-order valence-corrected chi connectivity index (χ1v) is 34.7.